The summed E-state index contributed by atoms with van der Waals surface area (Å²) < 4.78 is 12.1. The van der Waals surface area contributed by atoms with Crippen molar-refractivity contribution in [2.45, 2.75) is 33.5 Å². The number of nitrogens with one attached hydrogen (secondary N) is 1. The van der Waals surface area contributed by atoms with E-state index in [0.717, 1.165) is 16.6 Å². The Morgan fingerprint density at radius 1 is 1.17 bits per heavy atom. The molecule has 1 aromatic carbocycles. The van der Waals surface area contributed by atoms with Crippen LogP contribution in [0.2, 0.25) is 0 Å². The summed E-state index contributed by atoms with van der Waals surface area (Å²) in [6.45, 7) is 8.08. The molecule has 0 aliphatic rings. The summed E-state index contributed by atoms with van der Waals surface area (Å²) in [6, 6.07) is 6.26. The van der Waals surface area contributed by atoms with Gasteiger partial charge in [-0.25, -0.2) is 0 Å². The predicted molar refractivity (Wildman–Crippen MR) is 79.0 cm³/mol. The molecule has 0 saturated carbocycles. The van der Waals surface area contributed by atoms with Crippen molar-refractivity contribution in [3.05, 3.63) is 28.2 Å². The first-order chi connectivity index (χ1) is 8.71. The Hall–Kier alpha value is -0.580. The minimum Gasteiger partial charge on any atom is -0.380 e. The second-order valence-electron chi connectivity index (χ2n) is 3.88. The first kappa shape index (κ1) is 15.5. The quantitative estimate of drug-likeness (QED) is 0.740. The Balaban J connectivity index is 2.60. The third kappa shape index (κ3) is 4.96. The van der Waals surface area contributed by atoms with E-state index in [1.807, 2.05) is 19.9 Å². The fourth-order valence-electron chi connectivity index (χ4n) is 1.76. The molecule has 0 unspecified atom stereocenters. The minimum absolute atomic E-state index is 0.187. The maximum Gasteiger partial charge on any atom is 0.174 e. The number of rotatable bonds is 8. The second-order valence-corrected chi connectivity index (χ2v) is 4.79. The molecule has 0 amide bonds. The summed E-state index contributed by atoms with van der Waals surface area (Å²) in [6.07, 6.45) is 0.809. The standard InChI is InChI=1S/C14H22BrNO2/c1-4-11-9-12(15)7-8-13(11)16-10-14(17-5-2)18-6-3/h7-9,14,16H,4-6,10H2,1-3H3. The molecule has 0 fully saturated rings. The summed E-state index contributed by atoms with van der Waals surface area (Å²) in [4.78, 5) is 0. The Morgan fingerprint density at radius 2 is 1.83 bits per heavy atom. The molecule has 1 aromatic rings. The molecule has 0 aromatic heterocycles. The largest absolute Gasteiger partial charge is 0.380 e. The van der Waals surface area contributed by atoms with Crippen LogP contribution in [0.5, 0.6) is 0 Å². The number of hydrogen-bond donors (Lipinski definition) is 1. The van der Waals surface area contributed by atoms with Crippen molar-refractivity contribution in [2.75, 3.05) is 25.1 Å². The van der Waals surface area contributed by atoms with Gasteiger partial charge < -0.3 is 14.8 Å². The highest BCUT2D eigenvalue weighted by Crippen LogP contribution is 2.21. The van der Waals surface area contributed by atoms with Gasteiger partial charge in [0.05, 0.1) is 6.54 Å². The van der Waals surface area contributed by atoms with Gasteiger partial charge in [-0.3, -0.25) is 0 Å². The fraction of sp³-hybridized carbons (Fsp3) is 0.571. The van der Waals surface area contributed by atoms with E-state index in [4.69, 9.17) is 9.47 Å². The van der Waals surface area contributed by atoms with Crippen LogP contribution in [0.15, 0.2) is 22.7 Å². The van der Waals surface area contributed by atoms with Gasteiger partial charge in [-0.05, 0) is 44.0 Å². The molecule has 0 heterocycles. The van der Waals surface area contributed by atoms with Gasteiger partial charge in [0.1, 0.15) is 0 Å². The van der Waals surface area contributed by atoms with Crippen LogP contribution in [-0.2, 0) is 15.9 Å². The lowest BCUT2D eigenvalue weighted by atomic mass is 10.1. The number of benzene rings is 1. The van der Waals surface area contributed by atoms with Crippen molar-refractivity contribution in [1.82, 2.24) is 0 Å². The molecule has 0 bridgehead atoms. The van der Waals surface area contributed by atoms with Crippen LogP contribution in [0.3, 0.4) is 0 Å². The van der Waals surface area contributed by atoms with E-state index in [2.05, 4.69) is 40.3 Å². The van der Waals surface area contributed by atoms with E-state index in [-0.39, 0.29) is 6.29 Å². The number of aryl methyl sites for hydroxylation is 1. The molecule has 1 rings (SSSR count). The summed E-state index contributed by atoms with van der Waals surface area (Å²) in [5.41, 5.74) is 2.43. The second kappa shape index (κ2) is 8.51. The van der Waals surface area contributed by atoms with Crippen molar-refractivity contribution < 1.29 is 9.47 Å². The first-order valence-corrected chi connectivity index (χ1v) is 7.26. The Morgan fingerprint density at radius 3 is 2.39 bits per heavy atom. The van der Waals surface area contributed by atoms with Gasteiger partial charge >= 0.3 is 0 Å². The van der Waals surface area contributed by atoms with Gasteiger partial charge in [0, 0.05) is 23.4 Å². The number of hydrogen-bond acceptors (Lipinski definition) is 3. The number of ether oxygens (including phenoxy) is 2. The normalized spacial score (nSPS) is 10.9. The summed E-state index contributed by atoms with van der Waals surface area (Å²) in [5, 5.41) is 3.39. The molecule has 3 nitrogen and oxygen atoms in total. The Kier molecular flexibility index (Phi) is 7.32. The van der Waals surface area contributed by atoms with Crippen LogP contribution in [0.4, 0.5) is 5.69 Å². The number of anilines is 1. The average molecular weight is 316 g/mol. The lowest BCUT2D eigenvalue weighted by Crippen LogP contribution is -2.26. The van der Waals surface area contributed by atoms with Gasteiger partial charge in [-0.2, -0.15) is 0 Å². The van der Waals surface area contributed by atoms with Crippen LogP contribution in [0.1, 0.15) is 26.3 Å². The van der Waals surface area contributed by atoms with E-state index in [9.17, 15) is 0 Å². The van der Waals surface area contributed by atoms with Crippen molar-refractivity contribution in [3.8, 4) is 0 Å². The van der Waals surface area contributed by atoms with Crippen LogP contribution >= 0.6 is 15.9 Å². The lowest BCUT2D eigenvalue weighted by Gasteiger charge is -2.19. The van der Waals surface area contributed by atoms with E-state index in [1.54, 1.807) is 0 Å². The van der Waals surface area contributed by atoms with E-state index < -0.39 is 0 Å². The average Bonchev–Trinajstić information content (AvgIpc) is 2.37. The zero-order chi connectivity index (χ0) is 13.4. The van der Waals surface area contributed by atoms with Gasteiger partial charge in [-0.15, -0.1) is 0 Å². The molecule has 0 radical (unpaired) electrons. The van der Waals surface area contributed by atoms with Crippen molar-refractivity contribution >= 4 is 21.6 Å². The van der Waals surface area contributed by atoms with Gasteiger partial charge in [0.25, 0.3) is 0 Å². The Labute approximate surface area is 118 Å². The topological polar surface area (TPSA) is 30.5 Å². The van der Waals surface area contributed by atoms with Crippen LogP contribution < -0.4 is 5.32 Å². The van der Waals surface area contributed by atoms with E-state index in [1.165, 1.54) is 5.56 Å². The van der Waals surface area contributed by atoms with Crippen LogP contribution in [-0.4, -0.2) is 26.0 Å². The fourth-order valence-corrected chi connectivity index (χ4v) is 2.17. The highest BCUT2D eigenvalue weighted by molar-refractivity contribution is 9.10. The molecule has 102 valence electrons. The monoisotopic (exact) mass is 315 g/mol. The van der Waals surface area contributed by atoms with E-state index in [0.29, 0.717) is 19.8 Å². The maximum atomic E-state index is 5.51. The minimum atomic E-state index is -0.187. The third-order valence-corrected chi connectivity index (χ3v) is 3.11. The molecule has 0 atom stereocenters. The predicted octanol–water partition coefficient (Wildman–Crippen LogP) is 3.82. The molecule has 4 heteroatoms. The first-order valence-electron chi connectivity index (χ1n) is 6.46. The Bertz CT molecular complexity index is 352. The van der Waals surface area contributed by atoms with Crippen LogP contribution in [0, 0.1) is 0 Å². The summed E-state index contributed by atoms with van der Waals surface area (Å²) in [5.74, 6) is 0. The molecular weight excluding hydrogens is 294 g/mol. The molecule has 0 saturated heterocycles. The van der Waals surface area contributed by atoms with Crippen LogP contribution in [0.25, 0.3) is 0 Å². The van der Waals surface area contributed by atoms with Gasteiger partial charge in [0.2, 0.25) is 0 Å². The maximum absolute atomic E-state index is 5.51. The summed E-state index contributed by atoms with van der Waals surface area (Å²) >= 11 is 3.49. The highest BCUT2D eigenvalue weighted by Gasteiger charge is 2.08. The van der Waals surface area contributed by atoms with Gasteiger partial charge in [-0.1, -0.05) is 22.9 Å². The highest BCUT2D eigenvalue weighted by atomic mass is 79.9. The zero-order valence-corrected chi connectivity index (χ0v) is 12.9. The summed E-state index contributed by atoms with van der Waals surface area (Å²) in [7, 11) is 0. The SMILES string of the molecule is CCOC(CNc1ccc(Br)cc1CC)OCC. The molecule has 0 aliphatic carbocycles. The molecule has 0 spiro atoms. The zero-order valence-electron chi connectivity index (χ0n) is 11.3. The molecule has 1 N–H and O–H groups in total. The molecular formula is C14H22BrNO2. The molecule has 0 aliphatic heterocycles. The van der Waals surface area contributed by atoms with Crippen molar-refractivity contribution in [3.63, 3.8) is 0 Å². The van der Waals surface area contributed by atoms with Crippen molar-refractivity contribution in [1.29, 1.82) is 0 Å². The smallest absolute Gasteiger partial charge is 0.174 e. The number of halogens is 1. The lowest BCUT2D eigenvalue weighted by molar-refractivity contribution is -0.126. The molecule has 18 heavy (non-hydrogen) atoms. The van der Waals surface area contributed by atoms with E-state index >= 15 is 0 Å². The van der Waals surface area contributed by atoms with Crippen molar-refractivity contribution in [2.24, 2.45) is 0 Å². The van der Waals surface area contributed by atoms with Gasteiger partial charge in [0.15, 0.2) is 6.29 Å². The third-order valence-electron chi connectivity index (χ3n) is 2.61.